The molecule has 84 valence electrons. The van der Waals surface area contributed by atoms with Crippen LogP contribution in [-0.2, 0) is 0 Å². The molecule has 1 rings (SSSR count). The molecular formula is C9H13Cl2N3S. The minimum absolute atomic E-state index is 0.359. The molecule has 0 aromatic carbocycles. The van der Waals surface area contributed by atoms with Gasteiger partial charge in [-0.1, -0.05) is 23.2 Å². The van der Waals surface area contributed by atoms with Gasteiger partial charge in [0, 0.05) is 24.9 Å². The van der Waals surface area contributed by atoms with Crippen LogP contribution in [0.3, 0.4) is 0 Å². The molecule has 0 saturated heterocycles. The molecule has 0 amide bonds. The predicted octanol–water partition coefficient (Wildman–Crippen LogP) is 2.97. The summed E-state index contributed by atoms with van der Waals surface area (Å²) in [6, 6.07) is 2.10. The van der Waals surface area contributed by atoms with Crippen LogP contribution in [0.2, 0.25) is 10.3 Å². The highest BCUT2D eigenvalue weighted by molar-refractivity contribution is 7.98. The van der Waals surface area contributed by atoms with Gasteiger partial charge < -0.3 is 4.90 Å². The Morgan fingerprint density at radius 1 is 1.47 bits per heavy atom. The Labute approximate surface area is 104 Å². The predicted molar refractivity (Wildman–Crippen MR) is 68.3 cm³/mol. The van der Waals surface area contributed by atoms with Crippen LogP contribution in [-0.4, -0.2) is 35.3 Å². The summed E-state index contributed by atoms with van der Waals surface area (Å²) in [5.41, 5.74) is 0.818. The Morgan fingerprint density at radius 3 is 2.73 bits per heavy atom. The number of rotatable bonds is 4. The van der Waals surface area contributed by atoms with E-state index in [0.29, 0.717) is 16.3 Å². The van der Waals surface area contributed by atoms with Crippen LogP contribution in [0.4, 0.5) is 5.69 Å². The zero-order chi connectivity index (χ0) is 11.4. The molecule has 1 heterocycles. The van der Waals surface area contributed by atoms with Crippen molar-refractivity contribution >= 4 is 40.7 Å². The van der Waals surface area contributed by atoms with Crippen molar-refractivity contribution in [1.82, 2.24) is 10.2 Å². The number of thioether (sulfide) groups is 1. The molecule has 0 fully saturated rings. The molecule has 0 N–H and O–H groups in total. The number of halogens is 2. The fourth-order valence-corrected chi connectivity index (χ4v) is 2.25. The molecule has 0 aliphatic heterocycles. The van der Waals surface area contributed by atoms with Crippen LogP contribution in [0.25, 0.3) is 0 Å². The van der Waals surface area contributed by atoms with E-state index in [1.165, 1.54) is 0 Å². The van der Waals surface area contributed by atoms with E-state index in [1.54, 1.807) is 17.8 Å². The molecule has 1 atom stereocenters. The van der Waals surface area contributed by atoms with Gasteiger partial charge in [0.2, 0.25) is 0 Å². The molecule has 0 radical (unpaired) electrons. The van der Waals surface area contributed by atoms with Gasteiger partial charge >= 0.3 is 0 Å². The maximum atomic E-state index is 5.95. The molecule has 0 spiro atoms. The van der Waals surface area contributed by atoms with Gasteiger partial charge in [0.25, 0.3) is 0 Å². The maximum Gasteiger partial charge on any atom is 0.175 e. The minimum Gasteiger partial charge on any atom is -0.368 e. The van der Waals surface area contributed by atoms with Crippen LogP contribution >= 0.6 is 35.0 Å². The minimum atomic E-state index is 0.359. The van der Waals surface area contributed by atoms with E-state index < -0.39 is 0 Å². The molecule has 0 aliphatic carbocycles. The second-order valence-corrected chi connectivity index (χ2v) is 4.91. The SMILES string of the molecule is CSCC(C)N(C)c1cc(Cl)nnc1Cl. The molecule has 0 bridgehead atoms. The lowest BCUT2D eigenvalue weighted by Gasteiger charge is -2.26. The van der Waals surface area contributed by atoms with Gasteiger partial charge in [0.05, 0.1) is 5.69 Å². The molecule has 3 nitrogen and oxygen atoms in total. The lowest BCUT2D eigenvalue weighted by atomic mass is 10.3. The number of anilines is 1. The molecule has 1 aromatic heterocycles. The van der Waals surface area contributed by atoms with Crippen LogP contribution in [0, 0.1) is 0 Å². The van der Waals surface area contributed by atoms with E-state index in [9.17, 15) is 0 Å². The van der Waals surface area contributed by atoms with E-state index in [2.05, 4.69) is 28.3 Å². The third-order valence-electron chi connectivity index (χ3n) is 2.15. The van der Waals surface area contributed by atoms with Crippen LogP contribution in [0.15, 0.2) is 6.07 Å². The smallest absolute Gasteiger partial charge is 0.175 e. The summed E-state index contributed by atoms with van der Waals surface area (Å²) in [4.78, 5) is 2.05. The Bertz CT molecular complexity index is 335. The van der Waals surface area contributed by atoms with E-state index in [-0.39, 0.29) is 0 Å². The first kappa shape index (κ1) is 12.9. The van der Waals surface area contributed by atoms with Gasteiger partial charge in [0.15, 0.2) is 10.3 Å². The van der Waals surface area contributed by atoms with Gasteiger partial charge in [0.1, 0.15) is 0 Å². The van der Waals surface area contributed by atoms with E-state index in [0.717, 1.165) is 11.4 Å². The van der Waals surface area contributed by atoms with E-state index >= 15 is 0 Å². The number of nitrogens with zero attached hydrogens (tertiary/aromatic N) is 3. The highest BCUT2D eigenvalue weighted by atomic mass is 35.5. The van der Waals surface area contributed by atoms with Crippen molar-refractivity contribution in [3.63, 3.8) is 0 Å². The van der Waals surface area contributed by atoms with Crippen LogP contribution in [0.1, 0.15) is 6.92 Å². The summed E-state index contributed by atoms with van der Waals surface area (Å²) in [6.45, 7) is 2.13. The fraction of sp³-hybridized carbons (Fsp3) is 0.556. The van der Waals surface area contributed by atoms with E-state index in [1.807, 2.05) is 7.05 Å². The molecule has 15 heavy (non-hydrogen) atoms. The standard InChI is InChI=1S/C9H13Cl2N3S/c1-6(5-15-3)14(2)7-4-8(10)12-13-9(7)11/h4,6H,5H2,1-3H3. The summed E-state index contributed by atoms with van der Waals surface area (Å²) >= 11 is 13.5. The van der Waals surface area contributed by atoms with Crippen LogP contribution in [0.5, 0.6) is 0 Å². The first-order valence-corrected chi connectivity index (χ1v) is 6.61. The largest absolute Gasteiger partial charge is 0.368 e. The van der Waals surface area contributed by atoms with Crippen molar-refractivity contribution in [3.05, 3.63) is 16.4 Å². The number of hydrogen-bond acceptors (Lipinski definition) is 4. The second kappa shape index (κ2) is 5.77. The Morgan fingerprint density at radius 2 is 2.13 bits per heavy atom. The Kier molecular flexibility index (Phi) is 4.96. The average Bonchev–Trinajstić information content (AvgIpc) is 2.21. The highest BCUT2D eigenvalue weighted by Crippen LogP contribution is 2.26. The van der Waals surface area contributed by atoms with Crippen LogP contribution < -0.4 is 4.90 Å². The van der Waals surface area contributed by atoms with Crippen molar-refractivity contribution in [2.45, 2.75) is 13.0 Å². The normalized spacial score (nSPS) is 12.6. The molecule has 0 aliphatic rings. The highest BCUT2D eigenvalue weighted by Gasteiger charge is 2.14. The van der Waals surface area contributed by atoms with Crippen molar-refractivity contribution in [3.8, 4) is 0 Å². The zero-order valence-electron chi connectivity index (χ0n) is 8.87. The summed E-state index contributed by atoms with van der Waals surface area (Å²) in [5.74, 6) is 1.02. The monoisotopic (exact) mass is 265 g/mol. The van der Waals surface area contributed by atoms with Crippen molar-refractivity contribution in [2.24, 2.45) is 0 Å². The molecule has 1 unspecified atom stereocenters. The molecule has 1 aromatic rings. The number of aromatic nitrogens is 2. The Hall–Kier alpha value is -0.190. The van der Waals surface area contributed by atoms with Gasteiger partial charge in [-0.2, -0.15) is 11.8 Å². The third-order valence-corrected chi connectivity index (χ3v) is 3.42. The van der Waals surface area contributed by atoms with Gasteiger partial charge in [-0.15, -0.1) is 10.2 Å². The third kappa shape index (κ3) is 3.40. The van der Waals surface area contributed by atoms with Gasteiger partial charge in [-0.3, -0.25) is 0 Å². The summed E-state index contributed by atoms with van der Waals surface area (Å²) in [5, 5.41) is 8.20. The van der Waals surface area contributed by atoms with E-state index in [4.69, 9.17) is 23.2 Å². The van der Waals surface area contributed by atoms with Crippen molar-refractivity contribution in [2.75, 3.05) is 24.0 Å². The van der Waals surface area contributed by atoms with Crippen molar-refractivity contribution in [1.29, 1.82) is 0 Å². The first-order chi connectivity index (χ1) is 7.06. The molecule has 0 saturated carbocycles. The first-order valence-electron chi connectivity index (χ1n) is 4.46. The molecular weight excluding hydrogens is 253 g/mol. The Balaban J connectivity index is 2.89. The summed E-state index contributed by atoms with van der Waals surface area (Å²) in [6.07, 6.45) is 2.07. The average molecular weight is 266 g/mol. The topological polar surface area (TPSA) is 29.0 Å². The fourth-order valence-electron chi connectivity index (χ4n) is 1.18. The quantitative estimate of drug-likeness (QED) is 0.837. The second-order valence-electron chi connectivity index (χ2n) is 3.26. The van der Waals surface area contributed by atoms with Gasteiger partial charge in [-0.05, 0) is 13.2 Å². The molecule has 6 heteroatoms. The number of hydrogen-bond donors (Lipinski definition) is 0. The lowest BCUT2D eigenvalue weighted by Crippen LogP contribution is -2.31. The van der Waals surface area contributed by atoms with Crippen molar-refractivity contribution < 1.29 is 0 Å². The maximum absolute atomic E-state index is 5.95. The summed E-state index contributed by atoms with van der Waals surface area (Å²) in [7, 11) is 1.97. The van der Waals surface area contributed by atoms with Gasteiger partial charge in [-0.25, -0.2) is 0 Å². The lowest BCUT2D eigenvalue weighted by molar-refractivity contribution is 0.761. The zero-order valence-corrected chi connectivity index (χ0v) is 11.2. The summed E-state index contributed by atoms with van der Waals surface area (Å²) < 4.78 is 0.